The molecular formula is C12H15F2NO2. The van der Waals surface area contributed by atoms with Gasteiger partial charge in [-0.15, -0.1) is 0 Å². The Balaban J connectivity index is 2.71. The molecule has 3 nitrogen and oxygen atoms in total. The van der Waals surface area contributed by atoms with Crippen LogP contribution in [0.25, 0.3) is 0 Å². The van der Waals surface area contributed by atoms with Crippen LogP contribution in [-0.2, 0) is 0 Å². The summed E-state index contributed by atoms with van der Waals surface area (Å²) in [6, 6.07) is 5.95. The lowest BCUT2D eigenvalue weighted by Gasteiger charge is -2.10. The second kappa shape index (κ2) is 6.83. The van der Waals surface area contributed by atoms with Crippen molar-refractivity contribution < 1.29 is 18.3 Å². The number of unbranched alkanes of at least 4 members (excludes halogenated alkanes) is 1. The molecule has 0 fully saturated rings. The Morgan fingerprint density at radius 1 is 1.41 bits per heavy atom. The first-order chi connectivity index (χ1) is 8.15. The topological polar surface area (TPSA) is 38.3 Å². The van der Waals surface area contributed by atoms with Crippen LogP contribution in [0.4, 0.5) is 8.78 Å². The van der Waals surface area contributed by atoms with Gasteiger partial charge >= 0.3 is 6.61 Å². The summed E-state index contributed by atoms with van der Waals surface area (Å²) in [5.74, 6) is -0.494. The SMILES string of the molecule is CCCCNC(=O)c1ccccc1OC(F)F. The zero-order chi connectivity index (χ0) is 12.7. The Labute approximate surface area is 98.8 Å². The van der Waals surface area contributed by atoms with Gasteiger partial charge in [-0.05, 0) is 18.6 Å². The van der Waals surface area contributed by atoms with Crippen LogP contribution < -0.4 is 10.1 Å². The molecule has 0 unspecified atom stereocenters. The van der Waals surface area contributed by atoms with Gasteiger partial charge in [0.1, 0.15) is 5.75 Å². The number of carbonyl (C=O) groups is 1. The molecule has 94 valence electrons. The van der Waals surface area contributed by atoms with Crippen LogP contribution in [0.15, 0.2) is 24.3 Å². The van der Waals surface area contributed by atoms with E-state index in [1.807, 2.05) is 6.92 Å². The zero-order valence-electron chi connectivity index (χ0n) is 9.58. The number of halogens is 2. The molecule has 5 heteroatoms. The van der Waals surface area contributed by atoms with Crippen LogP contribution in [0.2, 0.25) is 0 Å². The number of nitrogens with one attached hydrogen (secondary N) is 1. The third kappa shape index (κ3) is 4.38. The van der Waals surface area contributed by atoms with E-state index >= 15 is 0 Å². The molecule has 0 aliphatic carbocycles. The van der Waals surface area contributed by atoms with E-state index in [1.54, 1.807) is 12.1 Å². The highest BCUT2D eigenvalue weighted by atomic mass is 19.3. The molecule has 0 atom stereocenters. The smallest absolute Gasteiger partial charge is 0.387 e. The normalized spacial score (nSPS) is 10.4. The van der Waals surface area contributed by atoms with Crippen molar-refractivity contribution in [2.75, 3.05) is 6.54 Å². The molecule has 0 spiro atoms. The Hall–Kier alpha value is -1.65. The molecule has 1 amide bonds. The molecular weight excluding hydrogens is 228 g/mol. The van der Waals surface area contributed by atoms with E-state index in [0.717, 1.165) is 12.8 Å². The summed E-state index contributed by atoms with van der Waals surface area (Å²) in [7, 11) is 0. The fourth-order valence-corrected chi connectivity index (χ4v) is 1.33. The summed E-state index contributed by atoms with van der Waals surface area (Å²) < 4.78 is 28.5. The maximum Gasteiger partial charge on any atom is 0.387 e. The highest BCUT2D eigenvalue weighted by Crippen LogP contribution is 2.19. The summed E-state index contributed by atoms with van der Waals surface area (Å²) in [6.07, 6.45) is 1.80. The highest BCUT2D eigenvalue weighted by Gasteiger charge is 2.14. The van der Waals surface area contributed by atoms with Crippen molar-refractivity contribution in [3.05, 3.63) is 29.8 Å². The number of para-hydroxylation sites is 1. The second-order valence-electron chi connectivity index (χ2n) is 3.48. The Kier molecular flexibility index (Phi) is 5.39. The minimum atomic E-state index is -2.93. The molecule has 0 saturated carbocycles. The van der Waals surface area contributed by atoms with Gasteiger partial charge in [0.05, 0.1) is 5.56 Å². The Morgan fingerprint density at radius 2 is 2.12 bits per heavy atom. The first-order valence-electron chi connectivity index (χ1n) is 5.47. The fourth-order valence-electron chi connectivity index (χ4n) is 1.33. The van der Waals surface area contributed by atoms with Gasteiger partial charge in [0.25, 0.3) is 5.91 Å². The van der Waals surface area contributed by atoms with Crippen molar-refractivity contribution in [2.24, 2.45) is 0 Å². The minimum Gasteiger partial charge on any atom is -0.434 e. The molecule has 0 aromatic heterocycles. The van der Waals surface area contributed by atoms with Crippen molar-refractivity contribution in [3.8, 4) is 5.75 Å². The van der Waals surface area contributed by atoms with Gasteiger partial charge in [-0.25, -0.2) is 0 Å². The number of carbonyl (C=O) groups excluding carboxylic acids is 1. The lowest BCUT2D eigenvalue weighted by molar-refractivity contribution is -0.0501. The maximum atomic E-state index is 12.1. The van der Waals surface area contributed by atoms with Crippen molar-refractivity contribution in [1.82, 2.24) is 5.32 Å². The average molecular weight is 243 g/mol. The third-order valence-corrected chi connectivity index (χ3v) is 2.16. The number of rotatable bonds is 6. The van der Waals surface area contributed by atoms with Gasteiger partial charge < -0.3 is 10.1 Å². The number of hydrogen-bond donors (Lipinski definition) is 1. The molecule has 0 saturated heterocycles. The van der Waals surface area contributed by atoms with Crippen LogP contribution in [-0.4, -0.2) is 19.1 Å². The predicted molar refractivity (Wildman–Crippen MR) is 60.3 cm³/mol. The van der Waals surface area contributed by atoms with Gasteiger partial charge in [-0.3, -0.25) is 4.79 Å². The highest BCUT2D eigenvalue weighted by molar-refractivity contribution is 5.96. The molecule has 0 radical (unpaired) electrons. The maximum absolute atomic E-state index is 12.1. The predicted octanol–water partition coefficient (Wildman–Crippen LogP) is 2.82. The average Bonchev–Trinajstić information content (AvgIpc) is 2.29. The minimum absolute atomic E-state index is 0.100. The van der Waals surface area contributed by atoms with E-state index < -0.39 is 12.5 Å². The van der Waals surface area contributed by atoms with E-state index in [9.17, 15) is 13.6 Å². The summed E-state index contributed by atoms with van der Waals surface area (Å²) >= 11 is 0. The number of amides is 1. The number of ether oxygens (including phenoxy) is 1. The van der Waals surface area contributed by atoms with Gasteiger partial charge in [-0.1, -0.05) is 25.5 Å². The third-order valence-electron chi connectivity index (χ3n) is 2.16. The molecule has 1 aromatic carbocycles. The Bertz CT molecular complexity index is 369. The molecule has 1 aromatic rings. The lowest BCUT2D eigenvalue weighted by Crippen LogP contribution is -2.25. The van der Waals surface area contributed by atoms with Crippen LogP contribution in [0, 0.1) is 0 Å². The van der Waals surface area contributed by atoms with E-state index in [0.29, 0.717) is 6.54 Å². The number of hydrogen-bond acceptors (Lipinski definition) is 2. The number of alkyl halides is 2. The fraction of sp³-hybridized carbons (Fsp3) is 0.417. The first kappa shape index (κ1) is 13.4. The van der Waals surface area contributed by atoms with E-state index in [4.69, 9.17) is 0 Å². The largest absolute Gasteiger partial charge is 0.434 e. The molecule has 1 rings (SSSR count). The molecule has 17 heavy (non-hydrogen) atoms. The quantitative estimate of drug-likeness (QED) is 0.780. The second-order valence-corrected chi connectivity index (χ2v) is 3.48. The summed E-state index contributed by atoms with van der Waals surface area (Å²) in [5.41, 5.74) is 0.129. The summed E-state index contributed by atoms with van der Waals surface area (Å²) in [4.78, 5) is 11.7. The summed E-state index contributed by atoms with van der Waals surface area (Å²) in [5, 5.41) is 2.65. The van der Waals surface area contributed by atoms with Crippen molar-refractivity contribution in [1.29, 1.82) is 0 Å². The van der Waals surface area contributed by atoms with Gasteiger partial charge in [0, 0.05) is 6.54 Å². The van der Waals surface area contributed by atoms with E-state index in [2.05, 4.69) is 10.1 Å². The summed E-state index contributed by atoms with van der Waals surface area (Å²) in [6.45, 7) is -0.405. The first-order valence-corrected chi connectivity index (χ1v) is 5.47. The van der Waals surface area contributed by atoms with Crippen molar-refractivity contribution in [3.63, 3.8) is 0 Å². The zero-order valence-corrected chi connectivity index (χ0v) is 9.58. The van der Waals surface area contributed by atoms with Gasteiger partial charge in [0.2, 0.25) is 0 Å². The standard InChI is InChI=1S/C12H15F2NO2/c1-2-3-8-15-11(16)9-6-4-5-7-10(9)17-12(13)14/h4-7,12H,2-3,8H2,1H3,(H,15,16). The van der Waals surface area contributed by atoms with Crippen LogP contribution >= 0.6 is 0 Å². The lowest BCUT2D eigenvalue weighted by atomic mass is 10.2. The Morgan fingerprint density at radius 3 is 2.76 bits per heavy atom. The molecule has 0 aliphatic rings. The molecule has 0 heterocycles. The van der Waals surface area contributed by atoms with Crippen LogP contribution in [0.1, 0.15) is 30.1 Å². The van der Waals surface area contributed by atoms with Gasteiger partial charge in [-0.2, -0.15) is 8.78 Å². The van der Waals surface area contributed by atoms with E-state index in [-0.39, 0.29) is 11.3 Å². The van der Waals surface area contributed by atoms with E-state index in [1.165, 1.54) is 12.1 Å². The van der Waals surface area contributed by atoms with Crippen molar-refractivity contribution in [2.45, 2.75) is 26.4 Å². The van der Waals surface area contributed by atoms with Crippen LogP contribution in [0.5, 0.6) is 5.75 Å². The monoisotopic (exact) mass is 243 g/mol. The molecule has 0 aliphatic heterocycles. The number of benzene rings is 1. The van der Waals surface area contributed by atoms with Crippen molar-refractivity contribution >= 4 is 5.91 Å². The van der Waals surface area contributed by atoms with Gasteiger partial charge in [0.15, 0.2) is 0 Å². The molecule has 0 bridgehead atoms. The van der Waals surface area contributed by atoms with Crippen LogP contribution in [0.3, 0.4) is 0 Å². The molecule has 1 N–H and O–H groups in total.